The Kier molecular flexibility index (Phi) is 13.6. The maximum atomic E-state index is 10.1. The molecule has 0 radical (unpaired) electrons. The monoisotopic (exact) mass is 246 g/mol. The van der Waals surface area contributed by atoms with Crippen LogP contribution in [0.5, 0.6) is 0 Å². The number of carboxylic acid groups (broad SMARTS) is 1. The normalized spacial score (nSPS) is 6.67. The first-order chi connectivity index (χ1) is 4.30. The SMILES string of the molecule is Br.O.O=C(O)c1cnccn1.[NaH]. The van der Waals surface area contributed by atoms with Crippen molar-refractivity contribution >= 4 is 52.5 Å². The Morgan fingerprint density at radius 2 is 2.00 bits per heavy atom. The first-order valence-electron chi connectivity index (χ1n) is 2.30. The number of halogens is 1. The molecule has 5 nitrogen and oxygen atoms in total. The minimum atomic E-state index is -1.05. The van der Waals surface area contributed by atoms with E-state index in [1.54, 1.807) is 0 Å². The van der Waals surface area contributed by atoms with E-state index in [0.717, 1.165) is 0 Å². The van der Waals surface area contributed by atoms with E-state index in [-0.39, 0.29) is 57.7 Å². The van der Waals surface area contributed by atoms with Gasteiger partial charge < -0.3 is 10.6 Å². The van der Waals surface area contributed by atoms with Crippen LogP contribution in [0.4, 0.5) is 0 Å². The van der Waals surface area contributed by atoms with Crippen molar-refractivity contribution in [2.45, 2.75) is 0 Å². The average molecular weight is 247 g/mol. The van der Waals surface area contributed by atoms with Gasteiger partial charge in [0.15, 0.2) is 5.69 Å². The van der Waals surface area contributed by atoms with Crippen molar-refractivity contribution in [3.8, 4) is 0 Å². The summed E-state index contributed by atoms with van der Waals surface area (Å²) >= 11 is 0. The van der Waals surface area contributed by atoms with E-state index in [1.807, 2.05) is 0 Å². The van der Waals surface area contributed by atoms with Crippen molar-refractivity contribution in [3.05, 3.63) is 24.3 Å². The molecule has 0 unspecified atom stereocenters. The van der Waals surface area contributed by atoms with Crippen LogP contribution in [0.25, 0.3) is 0 Å². The Morgan fingerprint density at radius 3 is 2.25 bits per heavy atom. The summed E-state index contributed by atoms with van der Waals surface area (Å²) in [5.41, 5.74) is -0.0301. The third-order valence-corrected chi connectivity index (χ3v) is 0.782. The van der Waals surface area contributed by atoms with Gasteiger partial charge in [-0.1, -0.05) is 0 Å². The molecule has 0 aliphatic heterocycles. The Balaban J connectivity index is -0.000000270. The molecule has 0 atom stereocenters. The van der Waals surface area contributed by atoms with E-state index in [2.05, 4.69) is 9.97 Å². The van der Waals surface area contributed by atoms with E-state index < -0.39 is 5.97 Å². The molecule has 1 aromatic rings. The topological polar surface area (TPSA) is 94.6 Å². The number of nitrogens with zero attached hydrogens (tertiary/aromatic N) is 2. The van der Waals surface area contributed by atoms with Gasteiger partial charge in [-0.05, 0) is 0 Å². The van der Waals surface area contributed by atoms with E-state index in [0.29, 0.717) is 0 Å². The molecule has 0 saturated heterocycles. The van der Waals surface area contributed by atoms with Crippen molar-refractivity contribution in [3.63, 3.8) is 0 Å². The number of hydrogen-bond acceptors (Lipinski definition) is 3. The standard InChI is InChI=1S/C5H4N2O2.BrH.Na.H2O.H/c8-5(9)4-3-6-1-2-7-4;;;;/h1-3H,(H,8,9);1H;;1H2;. The molecule has 0 amide bonds. The molecule has 1 aromatic heterocycles. The average Bonchev–Trinajstić information content (AvgIpc) is 1.90. The Bertz CT molecular complexity index is 221. The second-order valence-electron chi connectivity index (χ2n) is 1.40. The zero-order valence-corrected chi connectivity index (χ0v) is 7.10. The van der Waals surface area contributed by atoms with Crippen molar-refractivity contribution in [1.82, 2.24) is 9.97 Å². The summed E-state index contributed by atoms with van der Waals surface area (Å²) in [5, 5.41) is 8.28. The van der Waals surface area contributed by atoms with Crippen molar-refractivity contribution in [2.75, 3.05) is 0 Å². The number of carboxylic acids is 1. The van der Waals surface area contributed by atoms with Crippen LogP contribution in [0.2, 0.25) is 0 Å². The molecule has 12 heavy (non-hydrogen) atoms. The Hall–Kier alpha value is -0.0100. The molecule has 1 rings (SSSR count). The first kappa shape index (κ1) is 17.9. The summed E-state index contributed by atoms with van der Waals surface area (Å²) in [7, 11) is 0. The van der Waals surface area contributed by atoms with Gasteiger partial charge in [0.2, 0.25) is 0 Å². The van der Waals surface area contributed by atoms with Gasteiger partial charge in [-0.25, -0.2) is 9.78 Å². The van der Waals surface area contributed by atoms with Gasteiger partial charge in [0.05, 0.1) is 6.20 Å². The van der Waals surface area contributed by atoms with Crippen LogP contribution in [-0.4, -0.2) is 56.1 Å². The first-order valence-corrected chi connectivity index (χ1v) is 2.30. The van der Waals surface area contributed by atoms with E-state index in [9.17, 15) is 4.79 Å². The summed E-state index contributed by atoms with van der Waals surface area (Å²) in [4.78, 5) is 17.2. The predicted octanol–water partition coefficient (Wildman–Crippen LogP) is -0.721. The quantitative estimate of drug-likeness (QED) is 0.662. The molecule has 0 saturated carbocycles. The van der Waals surface area contributed by atoms with Crippen molar-refractivity contribution < 1.29 is 15.4 Å². The number of aromatic carboxylic acids is 1. The number of aromatic nitrogens is 2. The molecule has 3 N–H and O–H groups in total. The van der Waals surface area contributed by atoms with Gasteiger partial charge in [0, 0.05) is 12.4 Å². The zero-order valence-electron chi connectivity index (χ0n) is 5.39. The van der Waals surface area contributed by atoms with Gasteiger partial charge in [-0.15, -0.1) is 17.0 Å². The molecule has 1 heterocycles. The molecule has 0 fully saturated rings. The molecule has 0 aromatic carbocycles. The minimum absolute atomic E-state index is 0. The number of carbonyl (C=O) groups is 1. The van der Waals surface area contributed by atoms with Crippen molar-refractivity contribution in [2.24, 2.45) is 0 Å². The third-order valence-electron chi connectivity index (χ3n) is 0.782. The molecule has 0 spiro atoms. The molecular formula is C5H8BrN2NaO3. The van der Waals surface area contributed by atoms with Crippen LogP contribution < -0.4 is 0 Å². The molecular weight excluding hydrogens is 239 g/mol. The van der Waals surface area contributed by atoms with E-state index in [1.165, 1.54) is 18.6 Å². The molecule has 0 aliphatic carbocycles. The summed E-state index contributed by atoms with van der Waals surface area (Å²) in [6, 6.07) is 0. The van der Waals surface area contributed by atoms with Gasteiger partial charge in [0.25, 0.3) is 0 Å². The van der Waals surface area contributed by atoms with Crippen LogP contribution in [0.15, 0.2) is 18.6 Å². The summed E-state index contributed by atoms with van der Waals surface area (Å²) in [5.74, 6) is -1.05. The number of rotatable bonds is 1. The van der Waals surface area contributed by atoms with Crippen LogP contribution in [-0.2, 0) is 0 Å². The second kappa shape index (κ2) is 9.08. The van der Waals surface area contributed by atoms with E-state index in [4.69, 9.17) is 5.11 Å². The predicted molar refractivity (Wildman–Crippen MR) is 50.1 cm³/mol. The van der Waals surface area contributed by atoms with Crippen LogP contribution >= 0.6 is 17.0 Å². The molecule has 0 aliphatic rings. The van der Waals surface area contributed by atoms with Crippen LogP contribution in [0.3, 0.4) is 0 Å². The summed E-state index contributed by atoms with van der Waals surface area (Å²) < 4.78 is 0. The van der Waals surface area contributed by atoms with Crippen molar-refractivity contribution in [1.29, 1.82) is 0 Å². The van der Waals surface area contributed by atoms with Gasteiger partial charge >= 0.3 is 35.5 Å². The molecule has 0 bridgehead atoms. The molecule has 7 heteroatoms. The van der Waals surface area contributed by atoms with Gasteiger partial charge in [-0.2, -0.15) is 0 Å². The van der Waals surface area contributed by atoms with Gasteiger partial charge in [-0.3, -0.25) is 4.98 Å². The Labute approximate surface area is 102 Å². The maximum absolute atomic E-state index is 10.1. The third kappa shape index (κ3) is 5.62. The van der Waals surface area contributed by atoms with E-state index >= 15 is 0 Å². The summed E-state index contributed by atoms with van der Waals surface area (Å²) in [6.45, 7) is 0. The molecule has 64 valence electrons. The zero-order chi connectivity index (χ0) is 6.69. The summed E-state index contributed by atoms with van der Waals surface area (Å²) in [6.07, 6.45) is 3.96. The second-order valence-corrected chi connectivity index (χ2v) is 1.40. The fraction of sp³-hybridized carbons (Fsp3) is 0. The fourth-order valence-corrected chi connectivity index (χ4v) is 0.410. The van der Waals surface area contributed by atoms with Crippen LogP contribution in [0, 0.1) is 0 Å². The fourth-order valence-electron chi connectivity index (χ4n) is 0.410. The van der Waals surface area contributed by atoms with Gasteiger partial charge in [0.1, 0.15) is 0 Å². The Morgan fingerprint density at radius 1 is 1.42 bits per heavy atom. The number of hydrogen-bond donors (Lipinski definition) is 1. The van der Waals surface area contributed by atoms with Crippen LogP contribution in [0.1, 0.15) is 10.5 Å².